The van der Waals surface area contributed by atoms with Gasteiger partial charge in [0.15, 0.2) is 0 Å². The molecule has 21 heavy (non-hydrogen) atoms. The van der Waals surface area contributed by atoms with Gasteiger partial charge in [-0.15, -0.1) is 6.58 Å². The molecule has 1 unspecified atom stereocenters. The predicted octanol–water partition coefficient (Wildman–Crippen LogP) is 3.79. The molecule has 0 aromatic heterocycles. The molecule has 1 rings (SSSR count). The Bertz CT molecular complexity index is 440. The highest BCUT2D eigenvalue weighted by Crippen LogP contribution is 2.48. The van der Waals surface area contributed by atoms with E-state index in [1.807, 2.05) is 0 Å². The molecule has 0 radical (unpaired) electrons. The molecule has 0 saturated heterocycles. The summed E-state index contributed by atoms with van der Waals surface area (Å²) >= 11 is 0. The predicted molar refractivity (Wildman–Crippen MR) is 88.2 cm³/mol. The summed E-state index contributed by atoms with van der Waals surface area (Å²) in [5.41, 5.74) is 2.41. The Morgan fingerprint density at radius 3 is 2.62 bits per heavy atom. The Morgan fingerprint density at radius 1 is 1.52 bits per heavy atom. The standard InChI is InChI=1S/C18H29NO2/c1-7-18(6)9-8-15(10-16(18)12(2)3)13(4)11-19-14(5)17(20)21/h7,14-16,19H,1-2,4,8-11H2,3,5-6H3,(H,20,21)/t14?,15-,16+,18-/m1/s1. The molecule has 118 valence electrons. The second-order valence-electron chi connectivity index (χ2n) is 6.68. The lowest BCUT2D eigenvalue weighted by atomic mass is 9.61. The van der Waals surface area contributed by atoms with Gasteiger partial charge in [-0.3, -0.25) is 4.79 Å². The molecule has 0 aromatic carbocycles. The first-order chi connectivity index (χ1) is 9.71. The smallest absolute Gasteiger partial charge is 0.320 e. The molecule has 1 fully saturated rings. The van der Waals surface area contributed by atoms with Gasteiger partial charge in [-0.05, 0) is 50.4 Å². The average molecular weight is 291 g/mol. The number of nitrogens with one attached hydrogen (secondary N) is 1. The minimum atomic E-state index is -0.828. The first kappa shape index (κ1) is 17.7. The van der Waals surface area contributed by atoms with Crippen LogP contribution in [0.1, 0.15) is 40.0 Å². The number of carboxylic acids is 1. The average Bonchev–Trinajstić information content (AvgIpc) is 2.44. The van der Waals surface area contributed by atoms with Crippen molar-refractivity contribution in [2.75, 3.05) is 6.54 Å². The second-order valence-corrected chi connectivity index (χ2v) is 6.68. The van der Waals surface area contributed by atoms with Crippen molar-refractivity contribution in [1.82, 2.24) is 5.32 Å². The Hall–Kier alpha value is -1.35. The highest BCUT2D eigenvalue weighted by molar-refractivity contribution is 5.72. The number of carboxylic acid groups (broad SMARTS) is 1. The molecule has 1 saturated carbocycles. The van der Waals surface area contributed by atoms with Crippen LogP contribution < -0.4 is 5.32 Å². The minimum Gasteiger partial charge on any atom is -0.480 e. The highest BCUT2D eigenvalue weighted by Gasteiger charge is 2.38. The van der Waals surface area contributed by atoms with Crippen LogP contribution in [-0.2, 0) is 4.79 Å². The zero-order chi connectivity index (χ0) is 16.2. The Morgan fingerprint density at radius 2 is 2.14 bits per heavy atom. The van der Waals surface area contributed by atoms with Gasteiger partial charge in [0.25, 0.3) is 0 Å². The summed E-state index contributed by atoms with van der Waals surface area (Å²) in [6, 6.07) is -0.541. The molecule has 1 aliphatic rings. The number of hydrogen-bond donors (Lipinski definition) is 2. The van der Waals surface area contributed by atoms with Crippen LogP contribution in [-0.4, -0.2) is 23.7 Å². The summed E-state index contributed by atoms with van der Waals surface area (Å²) < 4.78 is 0. The zero-order valence-electron chi connectivity index (χ0n) is 13.6. The second kappa shape index (κ2) is 7.08. The van der Waals surface area contributed by atoms with Gasteiger partial charge in [0, 0.05) is 6.54 Å². The summed E-state index contributed by atoms with van der Waals surface area (Å²) in [5, 5.41) is 11.9. The van der Waals surface area contributed by atoms with E-state index in [1.165, 1.54) is 5.57 Å². The van der Waals surface area contributed by atoms with Crippen LogP contribution in [0.25, 0.3) is 0 Å². The van der Waals surface area contributed by atoms with Gasteiger partial charge in [0.2, 0.25) is 0 Å². The number of rotatable bonds is 7. The van der Waals surface area contributed by atoms with Crippen molar-refractivity contribution in [1.29, 1.82) is 0 Å². The quantitative estimate of drug-likeness (QED) is 0.702. The molecule has 0 aromatic rings. The molecule has 1 aliphatic carbocycles. The van der Waals surface area contributed by atoms with Gasteiger partial charge in [-0.25, -0.2) is 0 Å². The monoisotopic (exact) mass is 291 g/mol. The minimum absolute atomic E-state index is 0.115. The van der Waals surface area contributed by atoms with E-state index in [1.54, 1.807) is 6.92 Å². The van der Waals surface area contributed by atoms with Gasteiger partial charge in [-0.2, -0.15) is 0 Å². The van der Waals surface area contributed by atoms with Gasteiger partial charge in [0.1, 0.15) is 6.04 Å². The van der Waals surface area contributed by atoms with Crippen LogP contribution in [0.2, 0.25) is 0 Å². The molecule has 0 bridgehead atoms. The first-order valence-electron chi connectivity index (χ1n) is 7.64. The lowest BCUT2D eigenvalue weighted by molar-refractivity contribution is -0.138. The van der Waals surface area contributed by atoms with Gasteiger partial charge >= 0.3 is 5.97 Å². The Labute approximate surface area is 128 Å². The third-order valence-corrected chi connectivity index (χ3v) is 4.99. The topological polar surface area (TPSA) is 49.3 Å². The molecule has 2 N–H and O–H groups in total. The van der Waals surface area contributed by atoms with E-state index in [4.69, 9.17) is 5.11 Å². The lowest BCUT2D eigenvalue weighted by Gasteiger charge is -2.44. The zero-order valence-corrected chi connectivity index (χ0v) is 13.6. The third kappa shape index (κ3) is 4.31. The summed E-state index contributed by atoms with van der Waals surface area (Å²) in [7, 11) is 0. The number of hydrogen-bond acceptors (Lipinski definition) is 2. The molecule has 0 spiro atoms. The summed E-state index contributed by atoms with van der Waals surface area (Å²) in [5.74, 6) is 0.0149. The number of carbonyl (C=O) groups is 1. The summed E-state index contributed by atoms with van der Waals surface area (Å²) in [6.07, 6.45) is 5.25. The van der Waals surface area contributed by atoms with E-state index in [9.17, 15) is 4.79 Å². The van der Waals surface area contributed by atoms with Crippen LogP contribution >= 0.6 is 0 Å². The van der Waals surface area contributed by atoms with E-state index in [-0.39, 0.29) is 5.41 Å². The van der Waals surface area contributed by atoms with Crippen LogP contribution in [0.4, 0.5) is 0 Å². The number of allylic oxidation sites excluding steroid dienone is 2. The largest absolute Gasteiger partial charge is 0.480 e. The Balaban J connectivity index is 2.66. The fraction of sp³-hybridized carbons (Fsp3) is 0.611. The van der Waals surface area contributed by atoms with E-state index in [0.717, 1.165) is 24.8 Å². The van der Waals surface area contributed by atoms with Crippen LogP contribution in [0.15, 0.2) is 37.0 Å². The van der Waals surface area contributed by atoms with Crippen molar-refractivity contribution in [2.24, 2.45) is 17.3 Å². The number of aliphatic carboxylic acids is 1. The highest BCUT2D eigenvalue weighted by atomic mass is 16.4. The van der Waals surface area contributed by atoms with Crippen LogP contribution in [0, 0.1) is 17.3 Å². The normalized spacial score (nSPS) is 30.4. The lowest BCUT2D eigenvalue weighted by Crippen LogP contribution is -2.38. The molecule has 3 heteroatoms. The van der Waals surface area contributed by atoms with Crippen LogP contribution in [0.5, 0.6) is 0 Å². The molecule has 4 atom stereocenters. The maximum Gasteiger partial charge on any atom is 0.320 e. The van der Waals surface area contributed by atoms with E-state index >= 15 is 0 Å². The molecule has 0 amide bonds. The Kier molecular flexibility index (Phi) is 5.97. The first-order valence-corrected chi connectivity index (χ1v) is 7.64. The summed E-state index contributed by atoms with van der Waals surface area (Å²) in [6.45, 7) is 18.9. The fourth-order valence-corrected chi connectivity index (χ4v) is 3.23. The van der Waals surface area contributed by atoms with Crippen molar-refractivity contribution in [3.05, 3.63) is 37.0 Å². The van der Waals surface area contributed by atoms with Crippen molar-refractivity contribution >= 4 is 5.97 Å². The molecule has 0 aliphatic heterocycles. The third-order valence-electron chi connectivity index (χ3n) is 4.99. The SMILES string of the molecule is C=C[C@]1(C)CC[C@@H](C(=C)CNC(C)C(=O)O)C[C@H]1C(=C)C. The maximum atomic E-state index is 10.8. The van der Waals surface area contributed by atoms with Crippen molar-refractivity contribution in [3.63, 3.8) is 0 Å². The molecular weight excluding hydrogens is 262 g/mol. The van der Waals surface area contributed by atoms with E-state index in [0.29, 0.717) is 18.4 Å². The fourth-order valence-electron chi connectivity index (χ4n) is 3.23. The van der Waals surface area contributed by atoms with E-state index in [2.05, 4.69) is 45.0 Å². The van der Waals surface area contributed by atoms with Gasteiger partial charge < -0.3 is 10.4 Å². The van der Waals surface area contributed by atoms with E-state index < -0.39 is 12.0 Å². The van der Waals surface area contributed by atoms with Crippen molar-refractivity contribution in [2.45, 2.75) is 46.1 Å². The van der Waals surface area contributed by atoms with Crippen molar-refractivity contribution in [3.8, 4) is 0 Å². The van der Waals surface area contributed by atoms with Gasteiger partial charge in [0.05, 0.1) is 0 Å². The van der Waals surface area contributed by atoms with Crippen LogP contribution in [0.3, 0.4) is 0 Å². The molecule has 3 nitrogen and oxygen atoms in total. The van der Waals surface area contributed by atoms with Gasteiger partial charge in [-0.1, -0.05) is 37.3 Å². The summed E-state index contributed by atoms with van der Waals surface area (Å²) in [4.78, 5) is 10.8. The maximum absolute atomic E-state index is 10.8. The molecule has 0 heterocycles. The van der Waals surface area contributed by atoms with Crippen molar-refractivity contribution < 1.29 is 9.90 Å². The molecular formula is C18H29NO2.